The Morgan fingerprint density at radius 3 is 2.43 bits per heavy atom. The molecule has 0 bridgehead atoms. The largest absolute Gasteiger partial charge is 0.279 e. The molecule has 9 heteroatoms. The van der Waals surface area contributed by atoms with Crippen LogP contribution in [0.15, 0.2) is 75.4 Å². The molecule has 0 saturated heterocycles. The summed E-state index contributed by atoms with van der Waals surface area (Å²) in [4.78, 5) is 12.2. The van der Waals surface area contributed by atoms with Crippen molar-refractivity contribution >= 4 is 50.3 Å². The molecule has 28 heavy (non-hydrogen) atoms. The number of sulfonamides is 1. The number of carbonyl (C=O) groups is 1. The molecule has 0 unspecified atom stereocenters. The van der Waals surface area contributed by atoms with E-state index in [1.54, 1.807) is 36.6 Å². The predicted octanol–water partition coefficient (Wildman–Crippen LogP) is 4.36. The van der Waals surface area contributed by atoms with Crippen LogP contribution in [-0.4, -0.2) is 20.0 Å². The standard InChI is InChI=1S/C19H16ClN3O3S2/c1-13(15-4-2-5-16(20)12-15)21-22-19(24)14-7-9-17(10-8-14)23-28(25,26)18-6-3-11-27-18/h2-12,23H,1H3,(H,22,24)/b21-13+. The van der Waals surface area contributed by atoms with Crippen LogP contribution >= 0.6 is 22.9 Å². The number of hydrogen-bond donors (Lipinski definition) is 2. The van der Waals surface area contributed by atoms with Crippen LogP contribution in [0.3, 0.4) is 0 Å². The van der Waals surface area contributed by atoms with Gasteiger partial charge in [-0.2, -0.15) is 5.10 Å². The average Bonchev–Trinajstić information content (AvgIpc) is 3.22. The highest BCUT2D eigenvalue weighted by Gasteiger charge is 2.15. The number of thiophene rings is 1. The Hall–Kier alpha value is -2.68. The third kappa shape index (κ3) is 4.98. The van der Waals surface area contributed by atoms with Crippen LogP contribution in [0.2, 0.25) is 5.02 Å². The van der Waals surface area contributed by atoms with Gasteiger partial charge in [-0.05, 0) is 60.3 Å². The lowest BCUT2D eigenvalue weighted by Gasteiger charge is -2.07. The molecule has 0 aliphatic carbocycles. The second kappa shape index (κ2) is 8.55. The van der Waals surface area contributed by atoms with E-state index in [0.29, 0.717) is 22.0 Å². The van der Waals surface area contributed by atoms with Crippen molar-refractivity contribution in [1.29, 1.82) is 0 Å². The zero-order valence-electron chi connectivity index (χ0n) is 14.7. The quantitative estimate of drug-likeness (QED) is 0.447. The topological polar surface area (TPSA) is 87.6 Å². The van der Waals surface area contributed by atoms with Crippen LogP contribution < -0.4 is 10.1 Å². The summed E-state index contributed by atoms with van der Waals surface area (Å²) in [6.45, 7) is 1.76. The van der Waals surface area contributed by atoms with E-state index in [0.717, 1.165) is 16.9 Å². The van der Waals surface area contributed by atoms with E-state index >= 15 is 0 Å². The predicted molar refractivity (Wildman–Crippen MR) is 113 cm³/mol. The molecule has 1 amide bonds. The van der Waals surface area contributed by atoms with Gasteiger partial charge in [0.1, 0.15) is 4.21 Å². The van der Waals surface area contributed by atoms with Crippen molar-refractivity contribution in [2.24, 2.45) is 5.10 Å². The first kappa shape index (κ1) is 20.1. The lowest BCUT2D eigenvalue weighted by atomic mass is 10.1. The summed E-state index contributed by atoms with van der Waals surface area (Å²) in [7, 11) is -3.62. The molecular weight excluding hydrogens is 418 g/mol. The third-order valence-corrected chi connectivity index (χ3v) is 6.74. The Morgan fingerprint density at radius 1 is 1.04 bits per heavy atom. The molecule has 1 heterocycles. The Bertz CT molecular complexity index is 1110. The second-order valence-corrected chi connectivity index (χ2v) is 9.06. The van der Waals surface area contributed by atoms with Gasteiger partial charge < -0.3 is 0 Å². The van der Waals surface area contributed by atoms with E-state index in [4.69, 9.17) is 11.6 Å². The fourth-order valence-electron chi connectivity index (χ4n) is 2.29. The van der Waals surface area contributed by atoms with E-state index in [1.807, 2.05) is 6.07 Å². The molecule has 0 spiro atoms. The number of rotatable bonds is 6. The maximum absolute atomic E-state index is 12.2. The summed E-state index contributed by atoms with van der Waals surface area (Å²) in [6, 6.07) is 16.4. The Kier molecular flexibility index (Phi) is 6.13. The summed E-state index contributed by atoms with van der Waals surface area (Å²) >= 11 is 7.08. The number of nitrogens with one attached hydrogen (secondary N) is 2. The number of hydrogen-bond acceptors (Lipinski definition) is 5. The normalized spacial score (nSPS) is 11.9. The number of nitrogens with zero attached hydrogens (tertiary/aromatic N) is 1. The number of halogens is 1. The second-order valence-electron chi connectivity index (χ2n) is 5.76. The highest BCUT2D eigenvalue weighted by molar-refractivity contribution is 7.94. The Morgan fingerprint density at radius 2 is 1.79 bits per heavy atom. The number of amides is 1. The van der Waals surface area contributed by atoms with Crippen molar-refractivity contribution in [1.82, 2.24) is 5.43 Å². The van der Waals surface area contributed by atoms with Crippen LogP contribution in [0.1, 0.15) is 22.8 Å². The number of hydrazone groups is 1. The van der Waals surface area contributed by atoms with Gasteiger partial charge >= 0.3 is 0 Å². The minimum Gasteiger partial charge on any atom is -0.279 e. The van der Waals surface area contributed by atoms with Gasteiger partial charge in [-0.15, -0.1) is 11.3 Å². The molecule has 6 nitrogen and oxygen atoms in total. The molecule has 2 aromatic carbocycles. The molecule has 144 valence electrons. The van der Waals surface area contributed by atoms with Crippen molar-refractivity contribution in [2.75, 3.05) is 4.72 Å². The summed E-state index contributed by atoms with van der Waals surface area (Å²) in [5, 5.41) is 6.35. The fourth-order valence-corrected chi connectivity index (χ4v) is 4.53. The van der Waals surface area contributed by atoms with E-state index < -0.39 is 15.9 Å². The Labute approximate surface area is 171 Å². The summed E-state index contributed by atoms with van der Waals surface area (Å²) in [5.41, 5.74) is 4.59. The van der Waals surface area contributed by atoms with Crippen molar-refractivity contribution < 1.29 is 13.2 Å². The number of benzene rings is 2. The summed E-state index contributed by atoms with van der Waals surface area (Å²) < 4.78 is 27.1. The van der Waals surface area contributed by atoms with E-state index in [9.17, 15) is 13.2 Å². The molecule has 2 N–H and O–H groups in total. The van der Waals surface area contributed by atoms with Crippen molar-refractivity contribution in [3.8, 4) is 0 Å². The van der Waals surface area contributed by atoms with Gasteiger partial charge in [0.25, 0.3) is 15.9 Å². The first-order valence-corrected chi connectivity index (χ1v) is 10.9. The first-order chi connectivity index (χ1) is 13.3. The van der Waals surface area contributed by atoms with Crippen molar-refractivity contribution in [2.45, 2.75) is 11.1 Å². The maximum Gasteiger partial charge on any atom is 0.271 e. The molecule has 1 aromatic heterocycles. The van der Waals surface area contributed by atoms with Gasteiger partial charge in [0, 0.05) is 16.3 Å². The average molecular weight is 434 g/mol. The Balaban J connectivity index is 1.66. The molecule has 0 aliphatic rings. The van der Waals surface area contributed by atoms with E-state index in [2.05, 4.69) is 15.2 Å². The molecule has 0 atom stereocenters. The van der Waals surface area contributed by atoms with Crippen LogP contribution in [0.4, 0.5) is 5.69 Å². The fraction of sp³-hybridized carbons (Fsp3) is 0.0526. The van der Waals surface area contributed by atoms with Gasteiger partial charge in [0.15, 0.2) is 0 Å². The highest BCUT2D eigenvalue weighted by atomic mass is 35.5. The van der Waals surface area contributed by atoms with E-state index in [-0.39, 0.29) is 4.21 Å². The van der Waals surface area contributed by atoms with Gasteiger partial charge in [0.2, 0.25) is 0 Å². The molecule has 0 fully saturated rings. The van der Waals surface area contributed by atoms with Gasteiger partial charge in [-0.1, -0.05) is 29.8 Å². The SMILES string of the molecule is C/C(=N\NC(=O)c1ccc(NS(=O)(=O)c2cccs2)cc1)c1cccc(Cl)c1. The van der Waals surface area contributed by atoms with Gasteiger partial charge in [-0.25, -0.2) is 13.8 Å². The van der Waals surface area contributed by atoms with Crippen LogP contribution in [0.5, 0.6) is 0 Å². The molecular formula is C19H16ClN3O3S2. The smallest absolute Gasteiger partial charge is 0.271 e. The van der Waals surface area contributed by atoms with Crippen LogP contribution in [0.25, 0.3) is 0 Å². The monoisotopic (exact) mass is 433 g/mol. The minimum atomic E-state index is -3.62. The van der Waals surface area contributed by atoms with Crippen molar-refractivity contribution in [3.05, 3.63) is 82.2 Å². The molecule has 3 aromatic rings. The van der Waals surface area contributed by atoms with Crippen molar-refractivity contribution in [3.63, 3.8) is 0 Å². The zero-order valence-corrected chi connectivity index (χ0v) is 17.1. The molecule has 0 saturated carbocycles. The third-order valence-electron chi connectivity index (χ3n) is 3.73. The zero-order chi connectivity index (χ0) is 20.1. The first-order valence-electron chi connectivity index (χ1n) is 8.12. The lowest BCUT2D eigenvalue weighted by Crippen LogP contribution is -2.19. The van der Waals surface area contributed by atoms with Gasteiger partial charge in [0.05, 0.1) is 5.71 Å². The number of anilines is 1. The summed E-state index contributed by atoms with van der Waals surface area (Å²) in [5.74, 6) is -0.408. The minimum absolute atomic E-state index is 0.222. The maximum atomic E-state index is 12.2. The van der Waals surface area contributed by atoms with Gasteiger partial charge in [-0.3, -0.25) is 9.52 Å². The molecule has 0 aliphatic heterocycles. The van der Waals surface area contributed by atoms with Crippen LogP contribution in [-0.2, 0) is 10.0 Å². The summed E-state index contributed by atoms with van der Waals surface area (Å²) in [6.07, 6.45) is 0. The molecule has 0 radical (unpaired) electrons. The highest BCUT2D eigenvalue weighted by Crippen LogP contribution is 2.20. The van der Waals surface area contributed by atoms with E-state index in [1.165, 1.54) is 30.3 Å². The lowest BCUT2D eigenvalue weighted by molar-refractivity contribution is 0.0955. The molecule has 3 rings (SSSR count). The number of carbonyl (C=O) groups excluding carboxylic acids is 1. The van der Waals surface area contributed by atoms with Crippen LogP contribution in [0, 0.1) is 0 Å².